The van der Waals surface area contributed by atoms with Crippen molar-refractivity contribution in [3.8, 4) is 17.2 Å². The van der Waals surface area contributed by atoms with Gasteiger partial charge in [0.25, 0.3) is 0 Å². The Bertz CT molecular complexity index is 489. The second-order valence-corrected chi connectivity index (χ2v) is 3.96. The fourth-order valence-electron chi connectivity index (χ4n) is 1.52. The maximum Gasteiger partial charge on any atom is 0.315 e. The summed E-state index contributed by atoms with van der Waals surface area (Å²) in [7, 11) is 4.36. The van der Waals surface area contributed by atoms with Crippen LogP contribution in [0.25, 0.3) is 0 Å². The highest BCUT2D eigenvalue weighted by Gasteiger charge is 2.22. The van der Waals surface area contributed by atoms with Crippen LogP contribution in [-0.4, -0.2) is 38.3 Å². The number of hydrogen-bond acceptors (Lipinski definition) is 5. The molecule has 0 aliphatic carbocycles. The number of anilines is 1. The third kappa shape index (κ3) is 3.31. The van der Waals surface area contributed by atoms with Crippen molar-refractivity contribution >= 4 is 17.6 Å². The summed E-state index contributed by atoms with van der Waals surface area (Å²) in [6.07, 6.45) is 0. The predicted octanol–water partition coefficient (Wildman–Crippen LogP) is 1.37. The van der Waals surface area contributed by atoms with Crippen LogP contribution in [0.15, 0.2) is 12.1 Å². The number of methoxy groups -OCH3 is 3. The Morgan fingerprint density at radius 1 is 1.10 bits per heavy atom. The number of amides is 1. The Morgan fingerprint density at radius 2 is 1.60 bits per heavy atom. The first-order chi connectivity index (χ1) is 9.44. The van der Waals surface area contributed by atoms with Gasteiger partial charge in [-0.05, 0) is 6.92 Å². The molecule has 0 fully saturated rings. The van der Waals surface area contributed by atoms with Gasteiger partial charge in [0, 0.05) is 17.8 Å². The molecule has 1 rings (SSSR count). The van der Waals surface area contributed by atoms with Gasteiger partial charge in [0.05, 0.1) is 21.3 Å². The molecule has 1 aromatic carbocycles. The topological polar surface area (TPSA) is 94.1 Å². The van der Waals surface area contributed by atoms with Crippen LogP contribution in [0.1, 0.15) is 6.92 Å². The Labute approximate surface area is 116 Å². The van der Waals surface area contributed by atoms with Gasteiger partial charge < -0.3 is 24.6 Å². The van der Waals surface area contributed by atoms with Crippen LogP contribution in [0, 0.1) is 5.92 Å². The van der Waals surface area contributed by atoms with Gasteiger partial charge >= 0.3 is 5.97 Å². The maximum absolute atomic E-state index is 11.7. The highest BCUT2D eigenvalue weighted by Crippen LogP contribution is 2.39. The molecule has 0 aliphatic rings. The minimum absolute atomic E-state index is 0.359. The number of nitrogens with one attached hydrogen (secondary N) is 1. The fraction of sp³-hybridized carbons (Fsp3) is 0.385. The molecule has 110 valence electrons. The van der Waals surface area contributed by atoms with Gasteiger partial charge in [0.15, 0.2) is 11.5 Å². The standard InChI is InChI=1S/C13H17NO6/c1-7(13(16)17)12(15)14-8-5-9(18-2)11(20-4)10(6-8)19-3/h5-7H,1-4H3,(H,14,15)(H,16,17). The molecule has 7 nitrogen and oxygen atoms in total. The van der Waals surface area contributed by atoms with Crippen LogP contribution in [0.3, 0.4) is 0 Å². The molecule has 0 aromatic heterocycles. The fourth-order valence-corrected chi connectivity index (χ4v) is 1.52. The largest absolute Gasteiger partial charge is 0.493 e. The minimum atomic E-state index is -1.20. The minimum Gasteiger partial charge on any atom is -0.493 e. The van der Waals surface area contributed by atoms with Crippen LogP contribution >= 0.6 is 0 Å². The Morgan fingerprint density at radius 3 is 1.95 bits per heavy atom. The zero-order chi connectivity index (χ0) is 15.3. The lowest BCUT2D eigenvalue weighted by molar-refractivity contribution is -0.144. The molecule has 1 amide bonds. The molecule has 0 radical (unpaired) electrons. The summed E-state index contributed by atoms with van der Waals surface area (Å²) in [5.74, 6) is -1.87. The van der Waals surface area contributed by atoms with E-state index in [0.717, 1.165) is 0 Å². The monoisotopic (exact) mass is 283 g/mol. The van der Waals surface area contributed by atoms with Crippen molar-refractivity contribution in [3.63, 3.8) is 0 Å². The average molecular weight is 283 g/mol. The highest BCUT2D eigenvalue weighted by molar-refractivity contribution is 6.04. The summed E-state index contributed by atoms with van der Waals surface area (Å²) < 4.78 is 15.4. The third-order valence-corrected chi connectivity index (χ3v) is 2.70. The van der Waals surface area contributed by atoms with Crippen molar-refractivity contribution in [2.45, 2.75) is 6.92 Å². The first-order valence-corrected chi connectivity index (χ1v) is 5.78. The van der Waals surface area contributed by atoms with E-state index in [4.69, 9.17) is 19.3 Å². The van der Waals surface area contributed by atoms with E-state index in [1.807, 2.05) is 0 Å². The van der Waals surface area contributed by atoms with E-state index in [1.54, 1.807) is 0 Å². The molecule has 1 aromatic rings. The Kier molecular flexibility index (Phi) is 5.19. The molecule has 0 spiro atoms. The lowest BCUT2D eigenvalue weighted by Crippen LogP contribution is -2.26. The first-order valence-electron chi connectivity index (χ1n) is 5.78. The number of carboxylic acids is 1. The van der Waals surface area contributed by atoms with Gasteiger partial charge in [-0.15, -0.1) is 0 Å². The number of carbonyl (C=O) groups is 2. The van der Waals surface area contributed by atoms with Gasteiger partial charge in [-0.3, -0.25) is 9.59 Å². The maximum atomic E-state index is 11.7. The Balaban J connectivity index is 3.08. The molecule has 2 N–H and O–H groups in total. The van der Waals surface area contributed by atoms with Gasteiger partial charge in [0.1, 0.15) is 5.92 Å². The van der Waals surface area contributed by atoms with Crippen LogP contribution in [0.4, 0.5) is 5.69 Å². The second-order valence-electron chi connectivity index (χ2n) is 3.96. The SMILES string of the molecule is COc1cc(NC(=O)C(C)C(=O)O)cc(OC)c1OC. The van der Waals surface area contributed by atoms with Crippen LogP contribution < -0.4 is 19.5 Å². The smallest absolute Gasteiger partial charge is 0.315 e. The number of benzene rings is 1. The van der Waals surface area contributed by atoms with Crippen LogP contribution in [-0.2, 0) is 9.59 Å². The van der Waals surface area contributed by atoms with Gasteiger partial charge in [-0.25, -0.2) is 0 Å². The molecule has 0 saturated carbocycles. The summed E-state index contributed by atoms with van der Waals surface area (Å²) in [4.78, 5) is 22.5. The van der Waals surface area contributed by atoms with E-state index in [-0.39, 0.29) is 0 Å². The number of ether oxygens (including phenoxy) is 3. The molecule has 0 saturated heterocycles. The van der Waals surface area contributed by atoms with E-state index >= 15 is 0 Å². The predicted molar refractivity (Wildman–Crippen MR) is 71.5 cm³/mol. The molecule has 0 aliphatic heterocycles. The van der Waals surface area contributed by atoms with E-state index in [9.17, 15) is 9.59 Å². The summed E-state index contributed by atoms with van der Waals surface area (Å²) in [6, 6.07) is 3.04. The van der Waals surface area contributed by atoms with Crippen molar-refractivity contribution in [3.05, 3.63) is 12.1 Å². The van der Waals surface area contributed by atoms with Crippen molar-refractivity contribution < 1.29 is 28.9 Å². The lowest BCUT2D eigenvalue weighted by Gasteiger charge is -2.15. The normalized spacial score (nSPS) is 11.4. The number of carboxylic acid groups (broad SMARTS) is 1. The van der Waals surface area contributed by atoms with Crippen LogP contribution in [0.2, 0.25) is 0 Å². The molecule has 1 unspecified atom stereocenters. The zero-order valence-electron chi connectivity index (χ0n) is 11.7. The third-order valence-electron chi connectivity index (χ3n) is 2.70. The number of rotatable bonds is 6. The van der Waals surface area contributed by atoms with Gasteiger partial charge in [0.2, 0.25) is 11.7 Å². The van der Waals surface area contributed by atoms with E-state index in [0.29, 0.717) is 22.9 Å². The summed E-state index contributed by atoms with van der Waals surface area (Å²) in [5, 5.41) is 11.3. The van der Waals surface area contributed by atoms with Crippen molar-refractivity contribution in [2.75, 3.05) is 26.6 Å². The molecule has 1 atom stereocenters. The quantitative estimate of drug-likeness (QED) is 0.766. The molecule has 7 heteroatoms. The van der Waals surface area contributed by atoms with Crippen molar-refractivity contribution in [2.24, 2.45) is 5.92 Å². The molecular weight excluding hydrogens is 266 g/mol. The van der Waals surface area contributed by atoms with E-state index in [2.05, 4.69) is 5.32 Å². The van der Waals surface area contributed by atoms with Crippen molar-refractivity contribution in [1.82, 2.24) is 0 Å². The summed E-state index contributed by atoms with van der Waals surface area (Å²) in [5.41, 5.74) is 0.359. The number of aliphatic carboxylic acids is 1. The zero-order valence-corrected chi connectivity index (χ0v) is 11.7. The van der Waals surface area contributed by atoms with E-state index < -0.39 is 17.8 Å². The molecule has 20 heavy (non-hydrogen) atoms. The highest BCUT2D eigenvalue weighted by atomic mass is 16.5. The molecule has 0 bridgehead atoms. The van der Waals surface area contributed by atoms with Crippen LogP contribution in [0.5, 0.6) is 17.2 Å². The lowest BCUT2D eigenvalue weighted by atomic mass is 10.1. The first kappa shape index (κ1) is 15.6. The molecule has 0 heterocycles. The van der Waals surface area contributed by atoms with E-state index in [1.165, 1.54) is 40.4 Å². The molecular formula is C13H17NO6. The van der Waals surface area contributed by atoms with Crippen molar-refractivity contribution in [1.29, 1.82) is 0 Å². The summed E-state index contributed by atoms with van der Waals surface area (Å²) >= 11 is 0. The second kappa shape index (κ2) is 6.65. The average Bonchev–Trinajstić information content (AvgIpc) is 2.44. The number of carbonyl (C=O) groups excluding carboxylic acids is 1. The summed E-state index contributed by atoms with van der Waals surface area (Å²) in [6.45, 7) is 1.30. The Hall–Kier alpha value is -2.44. The van der Waals surface area contributed by atoms with Gasteiger partial charge in [-0.1, -0.05) is 0 Å². The number of hydrogen-bond donors (Lipinski definition) is 2. The van der Waals surface area contributed by atoms with Gasteiger partial charge in [-0.2, -0.15) is 0 Å².